The maximum absolute atomic E-state index is 12.5. The Morgan fingerprint density at radius 2 is 1.87 bits per heavy atom. The maximum atomic E-state index is 12.5. The summed E-state index contributed by atoms with van der Waals surface area (Å²) in [5.74, 6) is 0.646. The van der Waals surface area contributed by atoms with E-state index >= 15 is 0 Å². The van der Waals surface area contributed by atoms with Crippen molar-refractivity contribution in [2.24, 2.45) is 5.41 Å². The summed E-state index contributed by atoms with van der Waals surface area (Å²) in [5.41, 5.74) is 6.82. The van der Waals surface area contributed by atoms with Crippen molar-refractivity contribution in [1.82, 2.24) is 35.0 Å². The molecular weight excluding hydrogens is 490 g/mol. The van der Waals surface area contributed by atoms with Crippen LogP contribution in [-0.2, 0) is 4.79 Å². The molecule has 1 fully saturated rings. The first-order valence-electron chi connectivity index (χ1n) is 13.3. The summed E-state index contributed by atoms with van der Waals surface area (Å²) in [4.78, 5) is 34.4. The molecule has 0 atom stereocenters. The number of aromatic amines is 2. The van der Waals surface area contributed by atoms with E-state index in [9.17, 15) is 4.79 Å². The molecule has 39 heavy (non-hydrogen) atoms. The van der Waals surface area contributed by atoms with Crippen molar-refractivity contribution >= 4 is 39.3 Å². The highest BCUT2D eigenvalue weighted by Crippen LogP contribution is 2.33. The molecule has 0 saturated carbocycles. The number of pyridine rings is 2. The number of fused-ring (bicyclic) bond motifs is 2. The van der Waals surface area contributed by atoms with Crippen molar-refractivity contribution in [3.8, 4) is 22.6 Å². The number of carbonyl (C=O) groups is 1. The van der Waals surface area contributed by atoms with Gasteiger partial charge in [-0.05, 0) is 42.3 Å². The van der Waals surface area contributed by atoms with Gasteiger partial charge in [0.2, 0.25) is 5.91 Å². The Hall–Kier alpha value is -4.31. The minimum absolute atomic E-state index is 0.0246. The molecule has 10 heteroatoms. The predicted molar refractivity (Wildman–Crippen MR) is 155 cm³/mol. The van der Waals surface area contributed by atoms with Gasteiger partial charge >= 0.3 is 0 Å². The number of amides is 1. The Balaban J connectivity index is 1.32. The summed E-state index contributed by atoms with van der Waals surface area (Å²) in [6.45, 7) is 10.1. The number of benzene rings is 1. The normalized spacial score (nSPS) is 14.8. The summed E-state index contributed by atoms with van der Waals surface area (Å²) >= 11 is 0. The lowest BCUT2D eigenvalue weighted by Gasteiger charge is -2.34. The molecule has 0 aliphatic carbocycles. The SMILES string of the molecule is CN1CCN(c2ccnc3nc(-c4n[nH]c5ccc(-c6cncc(NC(=O)CC(C)(C)C)c6)cc45)[nH]c23)CC1. The first kappa shape index (κ1) is 25.0. The van der Waals surface area contributed by atoms with Gasteiger partial charge < -0.3 is 20.1 Å². The number of nitrogens with zero attached hydrogens (tertiary/aromatic N) is 6. The molecular formula is C29H33N9O. The largest absolute Gasteiger partial charge is 0.367 e. The molecule has 6 rings (SSSR count). The number of piperazine rings is 1. The van der Waals surface area contributed by atoms with Gasteiger partial charge in [0.05, 0.1) is 23.1 Å². The highest BCUT2D eigenvalue weighted by Gasteiger charge is 2.21. The van der Waals surface area contributed by atoms with Gasteiger partial charge in [-0.2, -0.15) is 5.10 Å². The fraction of sp³-hybridized carbons (Fsp3) is 0.345. The van der Waals surface area contributed by atoms with E-state index in [4.69, 9.17) is 4.98 Å². The third kappa shape index (κ3) is 5.20. The van der Waals surface area contributed by atoms with Crippen LogP contribution in [0.4, 0.5) is 11.4 Å². The summed E-state index contributed by atoms with van der Waals surface area (Å²) in [6, 6.07) is 10.1. The minimum Gasteiger partial charge on any atom is -0.367 e. The lowest BCUT2D eigenvalue weighted by molar-refractivity contribution is -0.117. The second kappa shape index (κ2) is 9.77. The molecule has 0 radical (unpaired) electrons. The average Bonchev–Trinajstić information content (AvgIpc) is 3.52. The molecule has 1 aliphatic heterocycles. The number of aromatic nitrogens is 6. The zero-order chi connectivity index (χ0) is 27.1. The quantitative estimate of drug-likeness (QED) is 0.306. The summed E-state index contributed by atoms with van der Waals surface area (Å²) < 4.78 is 0. The summed E-state index contributed by atoms with van der Waals surface area (Å²) in [5, 5.41) is 11.7. The molecule has 1 aliphatic rings. The van der Waals surface area contributed by atoms with E-state index < -0.39 is 0 Å². The number of hydrogen-bond acceptors (Lipinski definition) is 7. The van der Waals surface area contributed by atoms with E-state index in [1.807, 2.05) is 45.2 Å². The van der Waals surface area contributed by atoms with Crippen molar-refractivity contribution in [3.63, 3.8) is 0 Å². The first-order valence-corrected chi connectivity index (χ1v) is 13.3. The number of imidazole rings is 1. The van der Waals surface area contributed by atoms with E-state index in [1.54, 1.807) is 12.4 Å². The zero-order valence-corrected chi connectivity index (χ0v) is 22.7. The van der Waals surface area contributed by atoms with Crippen LogP contribution in [0.2, 0.25) is 0 Å². The van der Waals surface area contributed by atoms with E-state index in [1.165, 1.54) is 0 Å². The standard InChI is InChI=1S/C29H33N9O/c1-29(2,3)15-24(39)32-20-13-19(16-30-17-20)18-5-6-22-21(14-18)25(36-35-22)28-33-26-23(7-8-31-27(26)34-28)38-11-9-37(4)10-12-38/h5-8,13-14,16-17H,9-12,15H2,1-4H3,(H,32,39)(H,35,36)(H,31,33,34). The van der Waals surface area contributed by atoms with Crippen LogP contribution in [0, 0.1) is 5.41 Å². The van der Waals surface area contributed by atoms with Crippen LogP contribution in [0.1, 0.15) is 27.2 Å². The first-order chi connectivity index (χ1) is 18.7. The van der Waals surface area contributed by atoms with Crippen molar-refractivity contribution in [3.05, 3.63) is 48.9 Å². The monoisotopic (exact) mass is 523 g/mol. The predicted octanol–water partition coefficient (Wildman–Crippen LogP) is 4.69. The number of H-pyrrole nitrogens is 2. The molecule has 0 bridgehead atoms. The molecule has 4 aromatic heterocycles. The molecule has 10 nitrogen and oxygen atoms in total. The number of rotatable bonds is 5. The molecule has 1 amide bonds. The number of anilines is 2. The van der Waals surface area contributed by atoms with Gasteiger partial charge in [0.15, 0.2) is 11.5 Å². The Bertz CT molecular complexity index is 1650. The lowest BCUT2D eigenvalue weighted by atomic mass is 9.92. The highest BCUT2D eigenvalue weighted by molar-refractivity contribution is 5.97. The average molecular weight is 524 g/mol. The maximum Gasteiger partial charge on any atom is 0.224 e. The van der Waals surface area contributed by atoms with Crippen LogP contribution >= 0.6 is 0 Å². The smallest absolute Gasteiger partial charge is 0.224 e. The number of nitrogens with one attached hydrogen (secondary N) is 3. The number of likely N-dealkylation sites (N-methyl/N-ethyl adjacent to an activating group) is 1. The van der Waals surface area contributed by atoms with Gasteiger partial charge in [-0.15, -0.1) is 0 Å². The molecule has 1 saturated heterocycles. The van der Waals surface area contributed by atoms with Crippen molar-refractivity contribution < 1.29 is 4.79 Å². The third-order valence-corrected chi connectivity index (χ3v) is 7.05. The molecule has 1 aromatic carbocycles. The Morgan fingerprint density at radius 3 is 2.67 bits per heavy atom. The fourth-order valence-corrected chi connectivity index (χ4v) is 5.05. The van der Waals surface area contributed by atoms with Crippen LogP contribution in [-0.4, -0.2) is 74.2 Å². The molecule has 200 valence electrons. The Kier molecular flexibility index (Phi) is 6.26. The van der Waals surface area contributed by atoms with Gasteiger partial charge in [-0.3, -0.25) is 14.9 Å². The topological polar surface area (TPSA) is 119 Å². The zero-order valence-electron chi connectivity index (χ0n) is 22.7. The second-order valence-corrected chi connectivity index (χ2v) is 11.5. The van der Waals surface area contributed by atoms with E-state index in [2.05, 4.69) is 59.4 Å². The van der Waals surface area contributed by atoms with Gasteiger partial charge in [0.1, 0.15) is 11.2 Å². The molecule has 5 aromatic rings. The van der Waals surface area contributed by atoms with E-state index in [0.717, 1.165) is 65.1 Å². The molecule has 3 N–H and O–H groups in total. The van der Waals surface area contributed by atoms with Crippen molar-refractivity contribution in [2.45, 2.75) is 27.2 Å². The third-order valence-electron chi connectivity index (χ3n) is 7.05. The van der Waals surface area contributed by atoms with Crippen molar-refractivity contribution in [2.75, 3.05) is 43.4 Å². The minimum atomic E-state index is -0.0880. The van der Waals surface area contributed by atoms with E-state index in [-0.39, 0.29) is 11.3 Å². The van der Waals surface area contributed by atoms with Crippen LogP contribution in [0.5, 0.6) is 0 Å². The Morgan fingerprint density at radius 1 is 1.05 bits per heavy atom. The second-order valence-electron chi connectivity index (χ2n) is 11.5. The molecule has 0 spiro atoms. The Labute approximate surface area is 226 Å². The summed E-state index contributed by atoms with van der Waals surface area (Å²) in [7, 11) is 2.15. The van der Waals surface area contributed by atoms with E-state index in [0.29, 0.717) is 23.6 Å². The van der Waals surface area contributed by atoms with Crippen LogP contribution < -0.4 is 10.2 Å². The fourth-order valence-electron chi connectivity index (χ4n) is 5.05. The van der Waals surface area contributed by atoms with Crippen molar-refractivity contribution in [1.29, 1.82) is 0 Å². The van der Waals surface area contributed by atoms with Crippen LogP contribution in [0.15, 0.2) is 48.9 Å². The highest BCUT2D eigenvalue weighted by atomic mass is 16.1. The van der Waals surface area contributed by atoms with Crippen LogP contribution in [0.3, 0.4) is 0 Å². The van der Waals surface area contributed by atoms with Crippen LogP contribution in [0.25, 0.3) is 44.7 Å². The summed E-state index contributed by atoms with van der Waals surface area (Å²) in [6.07, 6.45) is 5.73. The number of hydrogen-bond donors (Lipinski definition) is 3. The van der Waals surface area contributed by atoms with Gasteiger partial charge in [-0.1, -0.05) is 26.8 Å². The van der Waals surface area contributed by atoms with Gasteiger partial charge in [0.25, 0.3) is 0 Å². The lowest BCUT2D eigenvalue weighted by Crippen LogP contribution is -2.44. The van der Waals surface area contributed by atoms with Gasteiger partial charge in [-0.25, -0.2) is 9.97 Å². The molecule has 0 unspecified atom stereocenters. The van der Waals surface area contributed by atoms with Gasteiger partial charge in [0, 0.05) is 55.9 Å². The molecule has 5 heterocycles. The number of carbonyl (C=O) groups excluding carboxylic acids is 1.